The lowest BCUT2D eigenvalue weighted by Crippen LogP contribution is -2.13. The van der Waals surface area contributed by atoms with Crippen molar-refractivity contribution in [1.29, 1.82) is 0 Å². The lowest BCUT2D eigenvalue weighted by molar-refractivity contribution is -0.142. The number of rotatable bonds is 1. The van der Waals surface area contributed by atoms with Crippen LogP contribution in [0.15, 0.2) is 48.8 Å². The highest BCUT2D eigenvalue weighted by Gasteiger charge is 2.35. The first-order valence-electron chi connectivity index (χ1n) is 8.76. The van der Waals surface area contributed by atoms with Crippen LogP contribution in [0.25, 0.3) is 16.9 Å². The van der Waals surface area contributed by atoms with Crippen LogP contribution >= 0.6 is 0 Å². The molecule has 0 saturated heterocycles. The summed E-state index contributed by atoms with van der Waals surface area (Å²) in [5.74, 6) is 5.29. The van der Waals surface area contributed by atoms with E-state index in [2.05, 4.69) is 31.9 Å². The number of fused-ring (bicyclic) bond motifs is 1. The van der Waals surface area contributed by atoms with Crippen LogP contribution in [-0.4, -0.2) is 24.6 Å². The zero-order valence-electron chi connectivity index (χ0n) is 15.7. The van der Waals surface area contributed by atoms with Gasteiger partial charge in [-0.3, -0.25) is 0 Å². The Hall–Kier alpha value is -4.14. The molecule has 0 aliphatic carbocycles. The second-order valence-corrected chi connectivity index (χ2v) is 6.48. The molecule has 0 spiro atoms. The first kappa shape index (κ1) is 21.1. The van der Waals surface area contributed by atoms with Gasteiger partial charge in [-0.25, -0.2) is 19.5 Å². The zero-order chi connectivity index (χ0) is 23.1. The van der Waals surface area contributed by atoms with E-state index in [1.54, 1.807) is 0 Å². The molecule has 0 unspecified atom stereocenters. The fourth-order valence-corrected chi connectivity index (χ4v) is 2.75. The topological polar surface area (TPSA) is 82.0 Å². The number of nitrogen functional groups attached to an aromatic ring is 1. The van der Waals surface area contributed by atoms with Crippen molar-refractivity contribution in [2.75, 3.05) is 5.73 Å². The van der Waals surface area contributed by atoms with Crippen LogP contribution in [0.3, 0.4) is 0 Å². The number of hydrogen-bond donors (Lipinski definition) is 1. The Bertz CT molecular complexity index is 1340. The Morgan fingerprint density at radius 2 is 1.50 bits per heavy atom. The minimum Gasteiger partial charge on any atom is -0.368 e. The normalized spacial score (nSPS) is 11.9. The van der Waals surface area contributed by atoms with E-state index in [0.717, 1.165) is 24.3 Å². The molecule has 3 aromatic heterocycles. The molecule has 0 aliphatic heterocycles. The second kappa shape index (κ2) is 7.52. The Kier molecular flexibility index (Phi) is 4.96. The highest BCUT2D eigenvalue weighted by Crippen LogP contribution is 2.34. The van der Waals surface area contributed by atoms with Crippen molar-refractivity contribution in [3.8, 4) is 23.1 Å². The lowest BCUT2D eigenvalue weighted by atomic mass is 10.1. The fourth-order valence-electron chi connectivity index (χ4n) is 2.75. The van der Waals surface area contributed by atoms with Gasteiger partial charge in [-0.05, 0) is 24.1 Å². The van der Waals surface area contributed by atoms with Crippen molar-refractivity contribution in [2.45, 2.75) is 12.4 Å². The summed E-state index contributed by atoms with van der Waals surface area (Å²) in [6.07, 6.45) is -6.69. The zero-order valence-corrected chi connectivity index (χ0v) is 15.7. The maximum atomic E-state index is 13.6. The van der Waals surface area contributed by atoms with Gasteiger partial charge < -0.3 is 5.73 Å². The van der Waals surface area contributed by atoms with Crippen LogP contribution in [-0.2, 0) is 12.4 Å². The molecule has 0 bridgehead atoms. The van der Waals surface area contributed by atoms with Gasteiger partial charge in [-0.15, -0.1) is 0 Å². The van der Waals surface area contributed by atoms with Gasteiger partial charge in [0.05, 0.1) is 16.8 Å². The number of nitrogens with zero attached hydrogens (tertiary/aromatic N) is 5. The smallest absolute Gasteiger partial charge is 0.368 e. The number of anilines is 1. The monoisotopic (exact) mass is 448 g/mol. The molecule has 0 fully saturated rings. The number of halogens is 6. The summed E-state index contributed by atoms with van der Waals surface area (Å²) in [6, 6.07) is 5.61. The summed E-state index contributed by atoms with van der Waals surface area (Å²) in [5, 5.41) is 3.84. The SMILES string of the molecule is Nc1ncc(C#Cc2cc3nc(-c4ccc(C(F)(F)F)cc4)cc(C(F)(F)F)n3n2)cn1. The van der Waals surface area contributed by atoms with Crippen molar-refractivity contribution in [3.05, 3.63) is 71.3 Å². The third-order valence-electron chi connectivity index (χ3n) is 4.23. The Balaban J connectivity index is 1.79. The molecule has 4 rings (SSSR count). The average molecular weight is 448 g/mol. The van der Waals surface area contributed by atoms with Crippen LogP contribution in [0.5, 0.6) is 0 Å². The number of benzene rings is 1. The van der Waals surface area contributed by atoms with Crippen LogP contribution in [0.1, 0.15) is 22.5 Å². The molecule has 162 valence electrons. The molecular formula is C20H10F6N6. The van der Waals surface area contributed by atoms with Crippen molar-refractivity contribution in [3.63, 3.8) is 0 Å². The van der Waals surface area contributed by atoms with E-state index in [9.17, 15) is 26.3 Å². The predicted octanol–water partition coefficient (Wildman–Crippen LogP) is 4.21. The molecule has 2 N–H and O–H groups in total. The maximum absolute atomic E-state index is 13.6. The molecule has 6 nitrogen and oxygen atoms in total. The highest BCUT2D eigenvalue weighted by atomic mass is 19.4. The Labute approximate surface area is 175 Å². The van der Waals surface area contributed by atoms with E-state index in [-0.39, 0.29) is 28.5 Å². The summed E-state index contributed by atoms with van der Waals surface area (Å²) >= 11 is 0. The van der Waals surface area contributed by atoms with Crippen molar-refractivity contribution in [1.82, 2.24) is 24.6 Å². The Morgan fingerprint density at radius 3 is 2.09 bits per heavy atom. The average Bonchev–Trinajstić information content (AvgIpc) is 3.14. The van der Waals surface area contributed by atoms with Gasteiger partial charge in [0, 0.05) is 24.0 Å². The van der Waals surface area contributed by atoms with E-state index in [0.29, 0.717) is 16.1 Å². The molecule has 0 amide bonds. The third kappa shape index (κ3) is 4.31. The minimum atomic E-state index is -4.80. The first-order chi connectivity index (χ1) is 15.0. The quantitative estimate of drug-likeness (QED) is 0.349. The molecule has 0 atom stereocenters. The molecular weight excluding hydrogens is 438 g/mol. The summed E-state index contributed by atoms with van der Waals surface area (Å²) in [4.78, 5) is 11.6. The first-order valence-corrected chi connectivity index (χ1v) is 8.76. The summed E-state index contributed by atoms with van der Waals surface area (Å²) in [5.41, 5.74) is 3.40. The van der Waals surface area contributed by atoms with E-state index in [1.807, 2.05) is 0 Å². The molecule has 3 heterocycles. The van der Waals surface area contributed by atoms with E-state index in [1.165, 1.54) is 18.5 Å². The van der Waals surface area contributed by atoms with Crippen molar-refractivity contribution < 1.29 is 26.3 Å². The van der Waals surface area contributed by atoms with Gasteiger partial charge in [0.1, 0.15) is 5.69 Å². The van der Waals surface area contributed by atoms with Crippen LogP contribution < -0.4 is 5.73 Å². The van der Waals surface area contributed by atoms with Gasteiger partial charge in [0.25, 0.3) is 0 Å². The molecule has 0 aliphatic rings. The summed E-state index contributed by atoms with van der Waals surface area (Å²) in [7, 11) is 0. The molecule has 32 heavy (non-hydrogen) atoms. The number of hydrogen-bond acceptors (Lipinski definition) is 5. The predicted molar refractivity (Wildman–Crippen MR) is 101 cm³/mol. The van der Waals surface area contributed by atoms with Crippen LogP contribution in [0, 0.1) is 11.8 Å². The molecule has 1 aromatic carbocycles. The number of nitrogens with two attached hydrogens (primary N) is 1. The van der Waals surface area contributed by atoms with Gasteiger partial charge in [-0.2, -0.15) is 31.4 Å². The highest BCUT2D eigenvalue weighted by molar-refractivity contribution is 5.64. The number of alkyl halides is 6. The van der Waals surface area contributed by atoms with Crippen LogP contribution in [0.4, 0.5) is 32.3 Å². The largest absolute Gasteiger partial charge is 0.433 e. The summed E-state index contributed by atoms with van der Waals surface area (Å²) < 4.78 is 79.8. The van der Waals surface area contributed by atoms with Gasteiger partial charge in [0.15, 0.2) is 11.3 Å². The molecule has 0 saturated carbocycles. The third-order valence-corrected chi connectivity index (χ3v) is 4.23. The van der Waals surface area contributed by atoms with Gasteiger partial charge in [-0.1, -0.05) is 18.1 Å². The Morgan fingerprint density at radius 1 is 0.844 bits per heavy atom. The molecule has 12 heteroatoms. The maximum Gasteiger partial charge on any atom is 0.433 e. The van der Waals surface area contributed by atoms with Gasteiger partial charge >= 0.3 is 12.4 Å². The second-order valence-electron chi connectivity index (χ2n) is 6.48. The van der Waals surface area contributed by atoms with Crippen LogP contribution in [0.2, 0.25) is 0 Å². The van der Waals surface area contributed by atoms with E-state index in [4.69, 9.17) is 5.73 Å². The number of aromatic nitrogens is 5. The van der Waals surface area contributed by atoms with E-state index >= 15 is 0 Å². The standard InChI is InChI=1S/C20H10F6N6/c21-19(22,23)13-4-2-12(3-5-13)15-8-16(20(24,25)26)32-17(30-15)7-14(31-32)6-1-11-9-28-18(27)29-10-11/h2-5,7-10H,(H2,27,28,29). The van der Waals surface area contributed by atoms with Crippen molar-refractivity contribution in [2.24, 2.45) is 0 Å². The minimum absolute atomic E-state index is 0.00982. The van der Waals surface area contributed by atoms with E-state index < -0.39 is 23.6 Å². The summed E-state index contributed by atoms with van der Waals surface area (Å²) in [6.45, 7) is 0. The lowest BCUT2D eigenvalue weighted by Gasteiger charge is -2.11. The van der Waals surface area contributed by atoms with Crippen molar-refractivity contribution >= 4 is 11.6 Å². The van der Waals surface area contributed by atoms with Gasteiger partial charge in [0.2, 0.25) is 5.95 Å². The fraction of sp³-hybridized carbons (Fsp3) is 0.100. The molecule has 4 aromatic rings. The molecule has 0 radical (unpaired) electrons.